The van der Waals surface area contributed by atoms with Gasteiger partial charge in [-0.1, -0.05) is 35.3 Å². The largest absolute Gasteiger partial charge is 0.452 e. The number of aromatic nitrogens is 1. The minimum absolute atomic E-state index is 0.0926. The standard InChI is InChI=1S/C24H19Cl2N3O3S2/c25-18-11-15(12-27-23(18)26)24(31)32-13-20(30)29-22(19-7-3-9-34-19)17-6-1-4-14(21(17)28-29)10-16-5-2-8-33-16/h2-3,5,7-12,17,22H,1,4,6,13H2/b14-10+. The fourth-order valence-corrected chi connectivity index (χ4v) is 6.13. The molecule has 0 saturated heterocycles. The summed E-state index contributed by atoms with van der Waals surface area (Å²) in [5, 5.41) is 10.6. The van der Waals surface area contributed by atoms with Crippen LogP contribution in [0.2, 0.25) is 10.2 Å². The highest BCUT2D eigenvalue weighted by Gasteiger charge is 2.44. The number of amides is 1. The van der Waals surface area contributed by atoms with Gasteiger partial charge in [0.15, 0.2) is 6.61 Å². The topological polar surface area (TPSA) is 71.9 Å². The van der Waals surface area contributed by atoms with Gasteiger partial charge in [-0.2, -0.15) is 5.10 Å². The van der Waals surface area contributed by atoms with Crippen molar-refractivity contribution in [1.29, 1.82) is 0 Å². The molecule has 0 N–H and O–H groups in total. The summed E-state index contributed by atoms with van der Waals surface area (Å²) in [4.78, 5) is 31.8. The van der Waals surface area contributed by atoms with Gasteiger partial charge in [0.25, 0.3) is 5.91 Å². The molecule has 1 amide bonds. The zero-order valence-electron chi connectivity index (χ0n) is 17.8. The van der Waals surface area contributed by atoms with E-state index in [0.29, 0.717) is 0 Å². The molecule has 6 nitrogen and oxygen atoms in total. The van der Waals surface area contributed by atoms with Gasteiger partial charge in [0.2, 0.25) is 0 Å². The highest BCUT2D eigenvalue weighted by molar-refractivity contribution is 7.11. The molecule has 10 heteroatoms. The minimum atomic E-state index is -0.699. The molecule has 174 valence electrons. The molecule has 2 atom stereocenters. The lowest BCUT2D eigenvalue weighted by molar-refractivity contribution is -0.136. The van der Waals surface area contributed by atoms with E-state index in [0.717, 1.165) is 35.4 Å². The quantitative estimate of drug-likeness (QED) is 0.278. The van der Waals surface area contributed by atoms with Crippen LogP contribution in [0.3, 0.4) is 0 Å². The van der Waals surface area contributed by atoms with Crippen molar-refractivity contribution < 1.29 is 14.3 Å². The first-order valence-corrected chi connectivity index (χ1v) is 13.2. The van der Waals surface area contributed by atoms with Gasteiger partial charge in [0, 0.05) is 21.9 Å². The monoisotopic (exact) mass is 531 g/mol. The van der Waals surface area contributed by atoms with Crippen LogP contribution in [0.1, 0.15) is 45.4 Å². The Morgan fingerprint density at radius 2 is 2.03 bits per heavy atom. The van der Waals surface area contributed by atoms with Gasteiger partial charge in [-0.05, 0) is 59.9 Å². The molecule has 1 saturated carbocycles. The number of halogens is 2. The zero-order chi connectivity index (χ0) is 23.7. The molecule has 0 bridgehead atoms. The van der Waals surface area contributed by atoms with Gasteiger partial charge in [-0.3, -0.25) is 4.79 Å². The number of hydrazone groups is 1. The summed E-state index contributed by atoms with van der Waals surface area (Å²) in [6, 6.07) is 9.26. The first-order valence-electron chi connectivity index (χ1n) is 10.7. The summed E-state index contributed by atoms with van der Waals surface area (Å²) in [7, 11) is 0. The number of ether oxygens (including phenoxy) is 1. The van der Waals surface area contributed by atoms with Crippen LogP contribution < -0.4 is 0 Å². The van der Waals surface area contributed by atoms with Crippen LogP contribution in [0, 0.1) is 5.92 Å². The fourth-order valence-electron chi connectivity index (χ4n) is 4.30. The molecule has 3 aromatic rings. The molecular weight excluding hydrogens is 513 g/mol. The summed E-state index contributed by atoms with van der Waals surface area (Å²) in [6.07, 6.45) is 6.34. The van der Waals surface area contributed by atoms with Crippen molar-refractivity contribution in [2.45, 2.75) is 25.3 Å². The molecule has 1 aliphatic carbocycles. The van der Waals surface area contributed by atoms with Gasteiger partial charge in [0.1, 0.15) is 5.15 Å². The molecule has 1 aliphatic heterocycles. The Morgan fingerprint density at radius 1 is 1.21 bits per heavy atom. The average Bonchev–Trinajstić information content (AvgIpc) is 3.60. The summed E-state index contributed by atoms with van der Waals surface area (Å²) < 4.78 is 5.28. The van der Waals surface area contributed by atoms with Crippen LogP contribution in [-0.2, 0) is 9.53 Å². The molecule has 3 aromatic heterocycles. The predicted molar refractivity (Wildman–Crippen MR) is 136 cm³/mol. The highest BCUT2D eigenvalue weighted by atomic mass is 35.5. The number of allylic oxidation sites excluding steroid dienone is 1. The number of hydrogen-bond acceptors (Lipinski definition) is 7. The van der Waals surface area contributed by atoms with Crippen molar-refractivity contribution in [2.24, 2.45) is 11.0 Å². The molecule has 34 heavy (non-hydrogen) atoms. The average molecular weight is 532 g/mol. The van der Waals surface area contributed by atoms with Crippen LogP contribution in [-0.4, -0.2) is 34.2 Å². The summed E-state index contributed by atoms with van der Waals surface area (Å²) in [5.41, 5.74) is 2.24. The molecule has 4 heterocycles. The van der Waals surface area contributed by atoms with Crippen molar-refractivity contribution >= 4 is 69.5 Å². The van der Waals surface area contributed by atoms with Crippen LogP contribution in [0.25, 0.3) is 6.08 Å². The van der Waals surface area contributed by atoms with E-state index in [1.54, 1.807) is 22.7 Å². The van der Waals surface area contributed by atoms with E-state index in [-0.39, 0.29) is 33.6 Å². The summed E-state index contributed by atoms with van der Waals surface area (Å²) >= 11 is 15.0. The Kier molecular flexibility index (Phi) is 6.83. The third-order valence-corrected chi connectivity index (χ3v) is 8.26. The van der Waals surface area contributed by atoms with Gasteiger partial charge in [0.05, 0.1) is 22.3 Å². The molecule has 5 rings (SSSR count). The van der Waals surface area contributed by atoms with E-state index in [9.17, 15) is 9.59 Å². The van der Waals surface area contributed by atoms with Crippen molar-refractivity contribution in [2.75, 3.05) is 6.61 Å². The van der Waals surface area contributed by atoms with E-state index < -0.39 is 12.6 Å². The molecule has 0 radical (unpaired) electrons. The van der Waals surface area contributed by atoms with Gasteiger partial charge >= 0.3 is 5.97 Å². The Balaban J connectivity index is 1.38. The number of fused-ring (bicyclic) bond motifs is 1. The molecule has 1 fully saturated rings. The first kappa shape index (κ1) is 23.2. The smallest absolute Gasteiger partial charge is 0.340 e. The SMILES string of the molecule is O=C(OCC(=O)N1N=C2/C(=C/c3cccs3)CCCC2C1c1cccs1)c1cnc(Cl)c(Cl)c1. The normalized spacial score (nSPS) is 20.8. The lowest BCUT2D eigenvalue weighted by atomic mass is 9.79. The van der Waals surface area contributed by atoms with Gasteiger partial charge in [-0.15, -0.1) is 22.7 Å². The van der Waals surface area contributed by atoms with E-state index >= 15 is 0 Å². The molecule has 2 unspecified atom stereocenters. The van der Waals surface area contributed by atoms with E-state index in [2.05, 4.69) is 17.1 Å². The van der Waals surface area contributed by atoms with Crippen LogP contribution in [0.15, 0.2) is 58.0 Å². The lowest BCUT2D eigenvalue weighted by Gasteiger charge is -2.28. The van der Waals surface area contributed by atoms with Crippen LogP contribution in [0.5, 0.6) is 0 Å². The number of hydrogen-bond donors (Lipinski definition) is 0. The second-order valence-corrected chi connectivity index (χ2v) is 10.7. The Hall–Kier alpha value is -2.52. The second kappa shape index (κ2) is 10.00. The number of carbonyl (C=O) groups is 2. The maximum Gasteiger partial charge on any atom is 0.340 e. The van der Waals surface area contributed by atoms with E-state index in [4.69, 9.17) is 33.0 Å². The van der Waals surface area contributed by atoms with Crippen LogP contribution >= 0.6 is 45.9 Å². The summed E-state index contributed by atoms with van der Waals surface area (Å²) in [5.74, 6) is -0.968. The predicted octanol–water partition coefficient (Wildman–Crippen LogP) is 6.49. The zero-order valence-corrected chi connectivity index (χ0v) is 21.0. The van der Waals surface area contributed by atoms with E-state index in [1.807, 2.05) is 29.0 Å². The highest BCUT2D eigenvalue weighted by Crippen LogP contribution is 2.45. The van der Waals surface area contributed by atoms with Crippen molar-refractivity contribution in [3.8, 4) is 0 Å². The van der Waals surface area contributed by atoms with Crippen molar-refractivity contribution in [3.05, 3.63) is 78.4 Å². The maximum absolute atomic E-state index is 13.2. The minimum Gasteiger partial charge on any atom is -0.452 e. The molecule has 0 spiro atoms. The Morgan fingerprint density at radius 3 is 2.76 bits per heavy atom. The maximum atomic E-state index is 13.2. The Bertz CT molecular complexity index is 1270. The number of pyridine rings is 1. The molecule has 2 aliphatic rings. The van der Waals surface area contributed by atoms with Crippen molar-refractivity contribution in [1.82, 2.24) is 9.99 Å². The third kappa shape index (κ3) is 4.68. The number of thiophene rings is 2. The van der Waals surface area contributed by atoms with Gasteiger partial charge < -0.3 is 4.74 Å². The third-order valence-electron chi connectivity index (χ3n) is 5.81. The van der Waals surface area contributed by atoms with Crippen molar-refractivity contribution in [3.63, 3.8) is 0 Å². The number of esters is 1. The fraction of sp³-hybridized carbons (Fsp3) is 0.250. The molecule has 0 aromatic carbocycles. The first-order chi connectivity index (χ1) is 16.5. The van der Waals surface area contributed by atoms with Crippen LogP contribution in [0.4, 0.5) is 0 Å². The second-order valence-electron chi connectivity index (χ2n) is 7.94. The number of rotatable bonds is 5. The summed E-state index contributed by atoms with van der Waals surface area (Å²) in [6.45, 7) is -0.436. The Labute approximate surface area is 214 Å². The number of nitrogens with zero attached hydrogens (tertiary/aromatic N) is 3. The lowest BCUT2D eigenvalue weighted by Crippen LogP contribution is -2.34. The van der Waals surface area contributed by atoms with E-state index in [1.165, 1.54) is 22.1 Å². The van der Waals surface area contributed by atoms with Gasteiger partial charge in [-0.25, -0.2) is 14.8 Å². The molecular formula is C24H19Cl2N3O3S2. The number of carbonyl (C=O) groups excluding carboxylic acids is 2.